The zero-order valence-corrected chi connectivity index (χ0v) is 14.0. The minimum atomic E-state index is -1.04. The lowest BCUT2D eigenvalue weighted by Crippen LogP contribution is -2.32. The van der Waals surface area contributed by atoms with E-state index in [4.69, 9.17) is 5.11 Å². The van der Waals surface area contributed by atoms with Crippen molar-refractivity contribution in [2.24, 2.45) is 0 Å². The molecule has 1 heterocycles. The number of amides is 3. The van der Waals surface area contributed by atoms with Crippen LogP contribution in [0.5, 0.6) is 0 Å². The van der Waals surface area contributed by atoms with Crippen molar-refractivity contribution < 1.29 is 24.3 Å². The summed E-state index contributed by atoms with van der Waals surface area (Å²) in [5.41, 5.74) is 1.92. The first-order valence-corrected chi connectivity index (χ1v) is 7.97. The van der Waals surface area contributed by atoms with Crippen molar-refractivity contribution in [1.82, 2.24) is 4.90 Å². The molecule has 3 rings (SSSR count). The van der Waals surface area contributed by atoms with E-state index in [0.717, 1.165) is 4.90 Å². The number of hydrogen-bond donors (Lipinski definition) is 2. The molecule has 2 N–H and O–H groups in total. The Kier molecular flexibility index (Phi) is 4.53. The molecule has 2 aromatic rings. The lowest BCUT2D eigenvalue weighted by Gasteiger charge is -2.14. The van der Waals surface area contributed by atoms with Crippen LogP contribution in [0.4, 0.5) is 5.69 Å². The van der Waals surface area contributed by atoms with E-state index in [2.05, 4.69) is 5.32 Å². The van der Waals surface area contributed by atoms with Crippen molar-refractivity contribution in [2.45, 2.75) is 13.3 Å². The summed E-state index contributed by atoms with van der Waals surface area (Å²) >= 11 is 0. The fourth-order valence-corrected chi connectivity index (χ4v) is 2.81. The number of aryl methyl sites for hydroxylation is 1. The zero-order chi connectivity index (χ0) is 18.8. The van der Waals surface area contributed by atoms with Gasteiger partial charge < -0.3 is 10.4 Å². The Balaban J connectivity index is 1.63. The normalized spacial score (nSPS) is 12.9. The van der Waals surface area contributed by atoms with E-state index in [0.29, 0.717) is 22.4 Å². The number of carbonyl (C=O) groups is 4. The molecule has 0 atom stereocenters. The number of anilines is 1. The van der Waals surface area contributed by atoms with Crippen LogP contribution in [0, 0.1) is 6.92 Å². The summed E-state index contributed by atoms with van der Waals surface area (Å²) in [5.74, 6) is -2.22. The summed E-state index contributed by atoms with van der Waals surface area (Å²) in [7, 11) is 0. The third kappa shape index (κ3) is 3.19. The van der Waals surface area contributed by atoms with Crippen LogP contribution in [0.2, 0.25) is 0 Å². The second kappa shape index (κ2) is 6.79. The SMILES string of the molecule is Cc1cc(C(=O)O)ccc1NC(=O)CCN1C(=O)c2ccccc2C1=O. The van der Waals surface area contributed by atoms with Gasteiger partial charge in [0.1, 0.15) is 0 Å². The first kappa shape index (κ1) is 17.3. The first-order chi connectivity index (χ1) is 12.4. The van der Waals surface area contributed by atoms with Gasteiger partial charge >= 0.3 is 5.97 Å². The van der Waals surface area contributed by atoms with Crippen LogP contribution in [-0.4, -0.2) is 40.2 Å². The van der Waals surface area contributed by atoms with Gasteiger partial charge in [-0.3, -0.25) is 19.3 Å². The Labute approximate surface area is 149 Å². The van der Waals surface area contributed by atoms with E-state index in [-0.39, 0.29) is 24.4 Å². The molecule has 0 aliphatic carbocycles. The Morgan fingerprint density at radius 1 is 1.04 bits per heavy atom. The van der Waals surface area contributed by atoms with E-state index in [9.17, 15) is 19.2 Å². The van der Waals surface area contributed by atoms with Gasteiger partial charge in [-0.05, 0) is 42.8 Å². The van der Waals surface area contributed by atoms with Gasteiger partial charge in [-0.15, -0.1) is 0 Å². The number of rotatable bonds is 5. The highest BCUT2D eigenvalue weighted by Crippen LogP contribution is 2.23. The van der Waals surface area contributed by atoms with Crippen LogP contribution in [-0.2, 0) is 4.79 Å². The molecule has 0 bridgehead atoms. The van der Waals surface area contributed by atoms with Crippen LogP contribution in [0.1, 0.15) is 43.1 Å². The van der Waals surface area contributed by atoms with Crippen molar-refractivity contribution in [3.8, 4) is 0 Å². The summed E-state index contributed by atoms with van der Waals surface area (Å²) in [5, 5.41) is 11.6. The molecule has 0 spiro atoms. The standard InChI is InChI=1S/C19H16N2O5/c1-11-10-12(19(25)26)6-7-15(11)20-16(22)8-9-21-17(23)13-4-2-3-5-14(13)18(21)24/h2-7,10H,8-9H2,1H3,(H,20,22)(H,25,26). The van der Waals surface area contributed by atoms with Crippen molar-refractivity contribution in [1.29, 1.82) is 0 Å². The largest absolute Gasteiger partial charge is 0.478 e. The lowest BCUT2D eigenvalue weighted by molar-refractivity contribution is -0.116. The number of fused-ring (bicyclic) bond motifs is 1. The highest BCUT2D eigenvalue weighted by atomic mass is 16.4. The molecule has 3 amide bonds. The molecule has 7 nitrogen and oxygen atoms in total. The number of nitrogens with zero attached hydrogens (tertiary/aromatic N) is 1. The number of nitrogens with one attached hydrogen (secondary N) is 1. The molecule has 0 fully saturated rings. The summed E-state index contributed by atoms with van der Waals surface area (Å²) in [6.07, 6.45) is -0.0500. The molecule has 2 aromatic carbocycles. The second-order valence-corrected chi connectivity index (χ2v) is 5.94. The van der Waals surface area contributed by atoms with E-state index < -0.39 is 17.8 Å². The van der Waals surface area contributed by atoms with Crippen molar-refractivity contribution in [3.05, 3.63) is 64.7 Å². The molecule has 26 heavy (non-hydrogen) atoms. The van der Waals surface area contributed by atoms with Gasteiger partial charge in [-0.1, -0.05) is 12.1 Å². The van der Waals surface area contributed by atoms with Crippen molar-refractivity contribution in [3.63, 3.8) is 0 Å². The van der Waals surface area contributed by atoms with Gasteiger partial charge in [-0.25, -0.2) is 4.79 Å². The summed E-state index contributed by atoms with van der Waals surface area (Å²) < 4.78 is 0. The fourth-order valence-electron chi connectivity index (χ4n) is 2.81. The topological polar surface area (TPSA) is 104 Å². The average molecular weight is 352 g/mol. The molecule has 1 aliphatic rings. The molecule has 1 aliphatic heterocycles. The monoisotopic (exact) mass is 352 g/mol. The average Bonchev–Trinajstić information content (AvgIpc) is 2.86. The number of aromatic carboxylic acids is 1. The van der Waals surface area contributed by atoms with E-state index in [1.807, 2.05) is 0 Å². The van der Waals surface area contributed by atoms with Gasteiger partial charge in [0.05, 0.1) is 16.7 Å². The van der Waals surface area contributed by atoms with Crippen molar-refractivity contribution >= 4 is 29.4 Å². The Morgan fingerprint density at radius 2 is 1.65 bits per heavy atom. The number of benzene rings is 2. The lowest BCUT2D eigenvalue weighted by atomic mass is 10.1. The number of imide groups is 1. The third-order valence-corrected chi connectivity index (χ3v) is 4.19. The number of carboxylic acids is 1. The number of hydrogen-bond acceptors (Lipinski definition) is 4. The molecular weight excluding hydrogens is 336 g/mol. The molecule has 0 saturated heterocycles. The quantitative estimate of drug-likeness (QED) is 0.804. The van der Waals surface area contributed by atoms with Crippen molar-refractivity contribution in [2.75, 3.05) is 11.9 Å². The van der Waals surface area contributed by atoms with Gasteiger partial charge in [0.15, 0.2) is 0 Å². The third-order valence-electron chi connectivity index (χ3n) is 4.19. The van der Waals surface area contributed by atoms with Crippen LogP contribution in [0.3, 0.4) is 0 Å². The molecule has 0 aromatic heterocycles. The maximum atomic E-state index is 12.3. The molecule has 0 saturated carbocycles. The van der Waals surface area contributed by atoms with E-state index in [1.54, 1.807) is 31.2 Å². The van der Waals surface area contributed by atoms with E-state index in [1.165, 1.54) is 18.2 Å². The van der Waals surface area contributed by atoms with E-state index >= 15 is 0 Å². The van der Waals surface area contributed by atoms with Gasteiger partial charge in [0.2, 0.25) is 5.91 Å². The Bertz CT molecular complexity index is 900. The number of carboxylic acid groups (broad SMARTS) is 1. The molecule has 7 heteroatoms. The summed E-state index contributed by atoms with van der Waals surface area (Å²) in [6.45, 7) is 1.66. The van der Waals surface area contributed by atoms with Gasteiger partial charge in [-0.2, -0.15) is 0 Å². The highest BCUT2D eigenvalue weighted by molar-refractivity contribution is 6.21. The Morgan fingerprint density at radius 3 is 2.19 bits per heavy atom. The van der Waals surface area contributed by atoms with Crippen LogP contribution in [0.15, 0.2) is 42.5 Å². The highest BCUT2D eigenvalue weighted by Gasteiger charge is 2.34. The van der Waals surface area contributed by atoms with Crippen LogP contribution in [0.25, 0.3) is 0 Å². The zero-order valence-electron chi connectivity index (χ0n) is 14.0. The predicted octanol–water partition coefficient (Wildman–Crippen LogP) is 2.32. The number of carbonyl (C=O) groups excluding carboxylic acids is 3. The van der Waals surface area contributed by atoms with Crippen LogP contribution >= 0.6 is 0 Å². The predicted molar refractivity (Wildman–Crippen MR) is 93.2 cm³/mol. The summed E-state index contributed by atoms with van der Waals surface area (Å²) in [4.78, 5) is 48.6. The molecule has 132 valence electrons. The maximum Gasteiger partial charge on any atom is 0.335 e. The van der Waals surface area contributed by atoms with Gasteiger partial charge in [0, 0.05) is 18.7 Å². The Hall–Kier alpha value is -3.48. The summed E-state index contributed by atoms with van der Waals surface area (Å²) in [6, 6.07) is 10.9. The maximum absolute atomic E-state index is 12.3. The second-order valence-electron chi connectivity index (χ2n) is 5.94. The molecule has 0 radical (unpaired) electrons. The van der Waals surface area contributed by atoms with Crippen LogP contribution < -0.4 is 5.32 Å². The minimum Gasteiger partial charge on any atom is -0.478 e. The smallest absolute Gasteiger partial charge is 0.335 e. The minimum absolute atomic E-state index is 0.0234. The van der Waals surface area contributed by atoms with Gasteiger partial charge in [0.25, 0.3) is 11.8 Å². The fraction of sp³-hybridized carbons (Fsp3) is 0.158. The first-order valence-electron chi connectivity index (χ1n) is 7.97. The molecular formula is C19H16N2O5. The molecule has 0 unspecified atom stereocenters.